The van der Waals surface area contributed by atoms with Crippen LogP contribution in [-0.4, -0.2) is 36.3 Å². The number of benzene rings is 2. The average molecular weight is 362 g/mol. The first-order valence-corrected chi connectivity index (χ1v) is 9.03. The van der Waals surface area contributed by atoms with E-state index in [0.29, 0.717) is 17.8 Å². The Morgan fingerprint density at radius 2 is 1.81 bits per heavy atom. The fourth-order valence-electron chi connectivity index (χ4n) is 3.26. The summed E-state index contributed by atoms with van der Waals surface area (Å²) in [4.78, 5) is 26.8. The number of piperidine rings is 1. The molecule has 0 radical (unpaired) electrons. The van der Waals surface area contributed by atoms with E-state index in [1.165, 1.54) is 0 Å². The SMILES string of the molecule is N#Cc1ccccc1NC(=O)CN1CCC[C@H](C(=O)Nc2ccccc2)C1. The lowest BCUT2D eigenvalue weighted by Crippen LogP contribution is -2.44. The first-order chi connectivity index (χ1) is 13.2. The summed E-state index contributed by atoms with van der Waals surface area (Å²) in [6, 6.07) is 18.4. The number of carbonyl (C=O) groups excluding carboxylic acids is 2. The summed E-state index contributed by atoms with van der Waals surface area (Å²) in [5, 5.41) is 14.8. The molecule has 0 aromatic heterocycles. The van der Waals surface area contributed by atoms with E-state index in [9.17, 15) is 9.59 Å². The molecule has 6 nitrogen and oxygen atoms in total. The van der Waals surface area contributed by atoms with Crippen LogP contribution in [0.4, 0.5) is 11.4 Å². The van der Waals surface area contributed by atoms with Crippen LogP contribution in [0.5, 0.6) is 0 Å². The molecule has 27 heavy (non-hydrogen) atoms. The van der Waals surface area contributed by atoms with Crippen LogP contribution in [0.3, 0.4) is 0 Å². The van der Waals surface area contributed by atoms with E-state index in [4.69, 9.17) is 5.26 Å². The molecule has 3 rings (SSSR count). The number of nitrogens with one attached hydrogen (secondary N) is 2. The van der Waals surface area contributed by atoms with Crippen LogP contribution >= 0.6 is 0 Å². The number of carbonyl (C=O) groups is 2. The molecule has 1 atom stereocenters. The number of nitrogens with zero attached hydrogens (tertiary/aromatic N) is 2. The number of hydrogen-bond donors (Lipinski definition) is 2. The van der Waals surface area contributed by atoms with Gasteiger partial charge in [0.05, 0.1) is 23.7 Å². The highest BCUT2D eigenvalue weighted by atomic mass is 16.2. The summed E-state index contributed by atoms with van der Waals surface area (Å²) >= 11 is 0. The number of rotatable bonds is 5. The largest absolute Gasteiger partial charge is 0.326 e. The summed E-state index contributed by atoms with van der Waals surface area (Å²) in [5.74, 6) is -0.332. The second kappa shape index (κ2) is 8.97. The summed E-state index contributed by atoms with van der Waals surface area (Å²) < 4.78 is 0. The minimum atomic E-state index is -0.179. The second-order valence-electron chi connectivity index (χ2n) is 6.64. The number of likely N-dealkylation sites (tertiary alicyclic amines) is 1. The van der Waals surface area contributed by atoms with Gasteiger partial charge in [-0.2, -0.15) is 5.26 Å². The molecule has 0 aliphatic carbocycles. The van der Waals surface area contributed by atoms with Gasteiger partial charge in [0, 0.05) is 12.2 Å². The summed E-state index contributed by atoms with van der Waals surface area (Å²) in [7, 11) is 0. The highest BCUT2D eigenvalue weighted by Crippen LogP contribution is 2.19. The Labute approximate surface area is 158 Å². The number of para-hydroxylation sites is 2. The lowest BCUT2D eigenvalue weighted by Gasteiger charge is -2.31. The second-order valence-corrected chi connectivity index (χ2v) is 6.64. The van der Waals surface area contributed by atoms with Crippen LogP contribution in [-0.2, 0) is 9.59 Å². The zero-order chi connectivity index (χ0) is 19.1. The molecule has 2 N–H and O–H groups in total. The Bertz CT molecular complexity index is 845. The lowest BCUT2D eigenvalue weighted by atomic mass is 9.97. The summed E-state index contributed by atoms with van der Waals surface area (Å²) in [6.45, 7) is 1.53. The van der Waals surface area contributed by atoms with Gasteiger partial charge in [-0.25, -0.2) is 0 Å². The van der Waals surface area contributed by atoms with Crippen LogP contribution in [0.15, 0.2) is 54.6 Å². The number of amides is 2. The molecule has 0 saturated carbocycles. The smallest absolute Gasteiger partial charge is 0.238 e. The average Bonchev–Trinajstić information content (AvgIpc) is 2.69. The molecule has 0 unspecified atom stereocenters. The molecule has 138 valence electrons. The summed E-state index contributed by atoms with van der Waals surface area (Å²) in [5.41, 5.74) is 1.73. The van der Waals surface area contributed by atoms with Crippen molar-refractivity contribution < 1.29 is 9.59 Å². The van der Waals surface area contributed by atoms with Gasteiger partial charge in [0.1, 0.15) is 6.07 Å². The Morgan fingerprint density at radius 3 is 2.59 bits per heavy atom. The van der Waals surface area contributed by atoms with Gasteiger partial charge < -0.3 is 10.6 Å². The maximum atomic E-state index is 12.5. The minimum absolute atomic E-state index is 0.0128. The van der Waals surface area contributed by atoms with E-state index in [1.54, 1.807) is 24.3 Å². The predicted octanol–water partition coefficient (Wildman–Crippen LogP) is 2.85. The molecule has 6 heteroatoms. The standard InChI is InChI=1S/C21H22N4O2/c22-13-16-7-4-5-11-19(16)24-20(26)15-25-12-6-8-17(14-25)21(27)23-18-9-2-1-3-10-18/h1-5,7,9-11,17H,6,8,12,14-15H2,(H,23,27)(H,24,26)/t17-/m0/s1. The van der Waals surface area contributed by atoms with Gasteiger partial charge in [-0.1, -0.05) is 30.3 Å². The third kappa shape index (κ3) is 5.16. The van der Waals surface area contributed by atoms with Crippen LogP contribution in [0.1, 0.15) is 18.4 Å². The fraction of sp³-hybridized carbons (Fsp3) is 0.286. The van der Waals surface area contributed by atoms with Crippen molar-refractivity contribution in [3.05, 3.63) is 60.2 Å². The maximum Gasteiger partial charge on any atom is 0.238 e. The van der Waals surface area contributed by atoms with E-state index in [2.05, 4.69) is 16.7 Å². The van der Waals surface area contributed by atoms with Gasteiger partial charge in [0.2, 0.25) is 11.8 Å². The first kappa shape index (κ1) is 18.6. The number of anilines is 2. The fourth-order valence-corrected chi connectivity index (χ4v) is 3.26. The first-order valence-electron chi connectivity index (χ1n) is 9.03. The number of hydrogen-bond acceptors (Lipinski definition) is 4. The van der Waals surface area contributed by atoms with E-state index in [0.717, 1.165) is 25.1 Å². The topological polar surface area (TPSA) is 85.2 Å². The van der Waals surface area contributed by atoms with Crippen molar-refractivity contribution in [3.63, 3.8) is 0 Å². The zero-order valence-corrected chi connectivity index (χ0v) is 15.0. The van der Waals surface area contributed by atoms with E-state index < -0.39 is 0 Å². The Balaban J connectivity index is 1.54. The van der Waals surface area contributed by atoms with E-state index in [-0.39, 0.29) is 24.3 Å². The molecule has 1 aliphatic rings. The molecule has 2 aromatic carbocycles. The molecular weight excluding hydrogens is 340 g/mol. The van der Waals surface area contributed by atoms with E-state index >= 15 is 0 Å². The van der Waals surface area contributed by atoms with Crippen LogP contribution in [0.25, 0.3) is 0 Å². The van der Waals surface area contributed by atoms with Gasteiger partial charge in [-0.15, -0.1) is 0 Å². The molecule has 0 spiro atoms. The summed E-state index contributed by atoms with van der Waals surface area (Å²) in [6.07, 6.45) is 1.68. The van der Waals surface area contributed by atoms with Gasteiger partial charge in [0.25, 0.3) is 0 Å². The van der Waals surface area contributed by atoms with Crippen molar-refractivity contribution in [2.75, 3.05) is 30.3 Å². The quantitative estimate of drug-likeness (QED) is 0.856. The van der Waals surface area contributed by atoms with Crippen LogP contribution in [0, 0.1) is 17.2 Å². The number of nitriles is 1. The Kier molecular flexibility index (Phi) is 6.18. The lowest BCUT2D eigenvalue weighted by molar-refractivity contribution is -0.123. The minimum Gasteiger partial charge on any atom is -0.326 e. The van der Waals surface area contributed by atoms with Crippen molar-refractivity contribution in [2.24, 2.45) is 5.92 Å². The molecular formula is C21H22N4O2. The van der Waals surface area contributed by atoms with Gasteiger partial charge in [0.15, 0.2) is 0 Å². The third-order valence-corrected chi connectivity index (χ3v) is 4.61. The van der Waals surface area contributed by atoms with Crippen molar-refractivity contribution in [2.45, 2.75) is 12.8 Å². The predicted molar refractivity (Wildman–Crippen MR) is 104 cm³/mol. The van der Waals surface area contributed by atoms with E-state index in [1.807, 2.05) is 35.2 Å². The van der Waals surface area contributed by atoms with Crippen molar-refractivity contribution in [3.8, 4) is 6.07 Å². The third-order valence-electron chi connectivity index (χ3n) is 4.61. The molecule has 1 heterocycles. The van der Waals surface area contributed by atoms with Crippen molar-refractivity contribution >= 4 is 23.2 Å². The molecule has 2 aromatic rings. The molecule has 1 aliphatic heterocycles. The zero-order valence-electron chi connectivity index (χ0n) is 15.0. The monoisotopic (exact) mass is 362 g/mol. The highest BCUT2D eigenvalue weighted by molar-refractivity contribution is 5.94. The highest BCUT2D eigenvalue weighted by Gasteiger charge is 2.27. The maximum absolute atomic E-state index is 12.5. The van der Waals surface area contributed by atoms with Crippen LogP contribution < -0.4 is 10.6 Å². The van der Waals surface area contributed by atoms with Gasteiger partial charge >= 0.3 is 0 Å². The normalized spacial score (nSPS) is 16.9. The Morgan fingerprint density at radius 1 is 1.07 bits per heavy atom. The molecule has 2 amide bonds. The molecule has 0 bridgehead atoms. The van der Waals surface area contributed by atoms with Gasteiger partial charge in [-0.05, 0) is 43.7 Å². The van der Waals surface area contributed by atoms with Crippen LogP contribution in [0.2, 0.25) is 0 Å². The van der Waals surface area contributed by atoms with Crippen molar-refractivity contribution in [1.29, 1.82) is 5.26 Å². The van der Waals surface area contributed by atoms with Gasteiger partial charge in [-0.3, -0.25) is 14.5 Å². The van der Waals surface area contributed by atoms with Crippen molar-refractivity contribution in [1.82, 2.24) is 4.90 Å². The molecule has 1 fully saturated rings. The Hall–Kier alpha value is -3.17. The molecule has 1 saturated heterocycles.